The maximum absolute atomic E-state index is 11.9. The van der Waals surface area contributed by atoms with Crippen LogP contribution in [0.5, 0.6) is 11.5 Å². The Hall–Kier alpha value is -1.75. The van der Waals surface area contributed by atoms with Crippen molar-refractivity contribution in [3.8, 4) is 11.5 Å². The zero-order chi connectivity index (χ0) is 13.8. The molecule has 2 atom stereocenters. The lowest BCUT2D eigenvalue weighted by Crippen LogP contribution is -2.32. The number of methoxy groups -OCH3 is 1. The maximum atomic E-state index is 11.9. The van der Waals surface area contributed by atoms with Crippen LogP contribution in [0, 0.1) is 5.92 Å². The van der Waals surface area contributed by atoms with Crippen LogP contribution >= 0.6 is 0 Å². The van der Waals surface area contributed by atoms with E-state index in [1.165, 1.54) is 13.2 Å². The van der Waals surface area contributed by atoms with E-state index in [9.17, 15) is 15.0 Å². The van der Waals surface area contributed by atoms with E-state index >= 15 is 0 Å². The number of ether oxygens (including phenoxy) is 1. The smallest absolute Gasteiger partial charge is 0.251 e. The number of hydrogen-bond acceptors (Lipinski definition) is 4. The van der Waals surface area contributed by atoms with Gasteiger partial charge >= 0.3 is 0 Å². The summed E-state index contributed by atoms with van der Waals surface area (Å²) in [6, 6.07) is 4.52. The number of hydrogen-bond donors (Lipinski definition) is 3. The van der Waals surface area contributed by atoms with Gasteiger partial charge in [0.05, 0.1) is 13.2 Å². The fraction of sp³-hybridized carbons (Fsp3) is 0.500. The van der Waals surface area contributed by atoms with Crippen molar-refractivity contribution in [2.75, 3.05) is 13.7 Å². The van der Waals surface area contributed by atoms with Gasteiger partial charge in [-0.1, -0.05) is 6.42 Å². The van der Waals surface area contributed by atoms with Gasteiger partial charge in [-0.2, -0.15) is 0 Å². The minimum Gasteiger partial charge on any atom is -0.504 e. The Morgan fingerprint density at radius 2 is 2.26 bits per heavy atom. The molecule has 2 rings (SSSR count). The van der Waals surface area contributed by atoms with Crippen molar-refractivity contribution in [3.05, 3.63) is 23.8 Å². The summed E-state index contributed by atoms with van der Waals surface area (Å²) in [5, 5.41) is 22.1. The molecule has 0 radical (unpaired) electrons. The number of phenolic OH excluding ortho intramolecular Hbond substituents is 1. The normalized spacial score (nSPS) is 22.2. The molecule has 104 valence electrons. The Morgan fingerprint density at radius 3 is 2.84 bits per heavy atom. The second-order valence-corrected chi connectivity index (χ2v) is 4.85. The number of phenols is 1. The molecular formula is C14H19NO4. The molecule has 0 saturated heterocycles. The van der Waals surface area contributed by atoms with Gasteiger partial charge in [0.15, 0.2) is 11.5 Å². The van der Waals surface area contributed by atoms with Crippen molar-refractivity contribution >= 4 is 5.91 Å². The topological polar surface area (TPSA) is 78.8 Å². The number of aromatic hydroxyl groups is 1. The van der Waals surface area contributed by atoms with Crippen LogP contribution in [-0.4, -0.2) is 35.9 Å². The van der Waals surface area contributed by atoms with Crippen LogP contribution in [0.2, 0.25) is 0 Å². The number of benzene rings is 1. The zero-order valence-electron chi connectivity index (χ0n) is 10.9. The molecule has 0 heterocycles. The molecule has 1 saturated carbocycles. The highest BCUT2D eigenvalue weighted by atomic mass is 16.5. The van der Waals surface area contributed by atoms with Crippen LogP contribution in [-0.2, 0) is 0 Å². The highest BCUT2D eigenvalue weighted by Crippen LogP contribution is 2.27. The number of aliphatic hydroxyl groups excluding tert-OH is 1. The van der Waals surface area contributed by atoms with E-state index in [1.807, 2.05) is 0 Å². The van der Waals surface area contributed by atoms with Gasteiger partial charge in [-0.15, -0.1) is 0 Å². The van der Waals surface area contributed by atoms with E-state index in [4.69, 9.17) is 4.74 Å². The third-order valence-electron chi connectivity index (χ3n) is 3.58. The fourth-order valence-electron chi connectivity index (χ4n) is 2.41. The molecule has 1 aromatic carbocycles. The van der Waals surface area contributed by atoms with Gasteiger partial charge in [0.2, 0.25) is 0 Å². The molecule has 0 bridgehead atoms. The van der Waals surface area contributed by atoms with Crippen molar-refractivity contribution in [3.63, 3.8) is 0 Å². The molecule has 5 heteroatoms. The summed E-state index contributed by atoms with van der Waals surface area (Å²) >= 11 is 0. The van der Waals surface area contributed by atoms with E-state index in [-0.39, 0.29) is 23.7 Å². The van der Waals surface area contributed by atoms with E-state index in [1.54, 1.807) is 12.1 Å². The molecule has 1 aliphatic rings. The predicted octanol–water partition coefficient (Wildman–Crippen LogP) is 1.29. The first kappa shape index (κ1) is 13.7. The maximum Gasteiger partial charge on any atom is 0.251 e. The van der Waals surface area contributed by atoms with Gasteiger partial charge in [0.25, 0.3) is 5.91 Å². The van der Waals surface area contributed by atoms with Gasteiger partial charge in [-0.25, -0.2) is 0 Å². The average Bonchev–Trinajstić information content (AvgIpc) is 2.81. The molecule has 5 nitrogen and oxygen atoms in total. The molecule has 2 unspecified atom stereocenters. The lowest BCUT2D eigenvalue weighted by molar-refractivity contribution is 0.0916. The SMILES string of the molecule is COc1ccc(C(=O)NCC2CCCC2O)cc1O. The molecule has 1 fully saturated rings. The molecule has 0 spiro atoms. The van der Waals surface area contributed by atoms with Gasteiger partial charge in [0.1, 0.15) is 0 Å². The van der Waals surface area contributed by atoms with Gasteiger partial charge in [0, 0.05) is 18.0 Å². The molecule has 1 aliphatic carbocycles. The van der Waals surface area contributed by atoms with E-state index in [0.29, 0.717) is 17.9 Å². The average molecular weight is 265 g/mol. The molecule has 3 N–H and O–H groups in total. The minimum atomic E-state index is -0.315. The first-order valence-corrected chi connectivity index (χ1v) is 6.45. The van der Waals surface area contributed by atoms with Crippen molar-refractivity contribution < 1.29 is 19.7 Å². The fourth-order valence-corrected chi connectivity index (χ4v) is 2.41. The molecule has 0 aliphatic heterocycles. The Morgan fingerprint density at radius 1 is 1.47 bits per heavy atom. The van der Waals surface area contributed by atoms with Crippen LogP contribution < -0.4 is 10.1 Å². The summed E-state index contributed by atoms with van der Waals surface area (Å²) < 4.78 is 4.92. The Kier molecular flexibility index (Phi) is 4.27. The van der Waals surface area contributed by atoms with Crippen LogP contribution in [0.4, 0.5) is 0 Å². The summed E-state index contributed by atoms with van der Waals surface area (Å²) in [7, 11) is 1.45. The molecule has 0 aromatic heterocycles. The second-order valence-electron chi connectivity index (χ2n) is 4.85. The highest BCUT2D eigenvalue weighted by Gasteiger charge is 2.25. The first-order valence-electron chi connectivity index (χ1n) is 6.45. The zero-order valence-corrected chi connectivity index (χ0v) is 10.9. The summed E-state index contributed by atoms with van der Waals surface area (Å²) in [5.41, 5.74) is 0.380. The quantitative estimate of drug-likeness (QED) is 0.766. The van der Waals surface area contributed by atoms with Crippen LogP contribution in [0.1, 0.15) is 29.6 Å². The number of rotatable bonds is 4. The van der Waals surface area contributed by atoms with E-state index in [0.717, 1.165) is 19.3 Å². The largest absolute Gasteiger partial charge is 0.504 e. The van der Waals surface area contributed by atoms with Crippen LogP contribution in [0.3, 0.4) is 0 Å². The number of nitrogens with one attached hydrogen (secondary N) is 1. The standard InChI is InChI=1S/C14H19NO4/c1-19-13-6-5-9(7-12(13)17)14(18)15-8-10-3-2-4-11(10)16/h5-7,10-11,16-17H,2-4,8H2,1H3,(H,15,18). The third-order valence-corrected chi connectivity index (χ3v) is 3.58. The molecule has 19 heavy (non-hydrogen) atoms. The van der Waals surface area contributed by atoms with Crippen molar-refractivity contribution in [1.82, 2.24) is 5.32 Å². The highest BCUT2D eigenvalue weighted by molar-refractivity contribution is 5.94. The second kappa shape index (κ2) is 5.93. The van der Waals surface area contributed by atoms with Crippen LogP contribution in [0.25, 0.3) is 0 Å². The third kappa shape index (κ3) is 3.17. The summed E-state index contributed by atoms with van der Waals surface area (Å²) in [4.78, 5) is 11.9. The van der Waals surface area contributed by atoms with Crippen molar-refractivity contribution in [2.24, 2.45) is 5.92 Å². The molecule has 1 amide bonds. The number of carbonyl (C=O) groups is 1. The summed E-state index contributed by atoms with van der Waals surface area (Å²) in [6.45, 7) is 0.465. The summed E-state index contributed by atoms with van der Waals surface area (Å²) in [6.07, 6.45) is 2.44. The molecular weight excluding hydrogens is 246 g/mol. The Labute approximate surface area is 112 Å². The van der Waals surface area contributed by atoms with E-state index < -0.39 is 0 Å². The van der Waals surface area contributed by atoms with Crippen molar-refractivity contribution in [2.45, 2.75) is 25.4 Å². The molecule has 1 aromatic rings. The number of aliphatic hydroxyl groups is 1. The lowest BCUT2D eigenvalue weighted by Gasteiger charge is -2.15. The Bertz CT molecular complexity index is 461. The van der Waals surface area contributed by atoms with Crippen LogP contribution in [0.15, 0.2) is 18.2 Å². The van der Waals surface area contributed by atoms with Gasteiger partial charge in [-0.3, -0.25) is 4.79 Å². The van der Waals surface area contributed by atoms with E-state index in [2.05, 4.69) is 5.32 Å². The number of amides is 1. The number of carbonyl (C=O) groups excluding carboxylic acids is 1. The van der Waals surface area contributed by atoms with Gasteiger partial charge in [-0.05, 0) is 31.0 Å². The minimum absolute atomic E-state index is 0.0592. The first-order chi connectivity index (χ1) is 9.11. The predicted molar refractivity (Wildman–Crippen MR) is 70.3 cm³/mol. The van der Waals surface area contributed by atoms with Crippen molar-refractivity contribution in [1.29, 1.82) is 0 Å². The monoisotopic (exact) mass is 265 g/mol. The lowest BCUT2D eigenvalue weighted by atomic mass is 10.1. The summed E-state index contributed by atoms with van der Waals surface area (Å²) in [5.74, 6) is 0.159. The Balaban J connectivity index is 1.94. The van der Waals surface area contributed by atoms with Gasteiger partial charge < -0.3 is 20.3 Å².